The van der Waals surface area contributed by atoms with E-state index in [2.05, 4.69) is 11.4 Å². The summed E-state index contributed by atoms with van der Waals surface area (Å²) in [5.74, 6) is 1.01. The Morgan fingerprint density at radius 2 is 2.18 bits per heavy atom. The van der Waals surface area contributed by atoms with E-state index in [9.17, 15) is 0 Å². The smallest absolute Gasteiger partial charge is 0.0595 e. The lowest BCUT2D eigenvalue weighted by molar-refractivity contribution is 0.125. The van der Waals surface area contributed by atoms with Crippen LogP contribution in [0.2, 0.25) is 10.0 Å². The van der Waals surface area contributed by atoms with Crippen molar-refractivity contribution in [1.82, 2.24) is 5.32 Å². The number of ether oxygens (including phenoxy) is 1. The Morgan fingerprint density at radius 3 is 2.88 bits per heavy atom. The van der Waals surface area contributed by atoms with Crippen LogP contribution in [0.25, 0.3) is 0 Å². The minimum atomic E-state index is 0.506. The molecule has 0 radical (unpaired) electrons. The van der Waals surface area contributed by atoms with Crippen molar-refractivity contribution in [2.24, 2.45) is 5.92 Å². The van der Waals surface area contributed by atoms with Crippen molar-refractivity contribution >= 4 is 23.2 Å². The molecular weight excluding hydrogens is 257 g/mol. The lowest BCUT2D eigenvalue weighted by Gasteiger charge is -2.32. The van der Waals surface area contributed by atoms with Crippen LogP contribution in [-0.2, 0) is 4.74 Å². The van der Waals surface area contributed by atoms with Gasteiger partial charge in [0, 0.05) is 19.6 Å². The number of methoxy groups -OCH3 is 1. The van der Waals surface area contributed by atoms with E-state index in [0.29, 0.717) is 21.9 Å². The van der Waals surface area contributed by atoms with Crippen LogP contribution < -0.4 is 5.32 Å². The summed E-state index contributed by atoms with van der Waals surface area (Å²) in [5, 5.41) is 4.66. The minimum Gasteiger partial charge on any atom is -0.384 e. The highest BCUT2D eigenvalue weighted by Crippen LogP contribution is 2.33. The molecular formula is C13H17Cl2NO. The van der Waals surface area contributed by atoms with Gasteiger partial charge in [-0.25, -0.2) is 0 Å². The van der Waals surface area contributed by atoms with Crippen LogP contribution in [-0.4, -0.2) is 26.8 Å². The SMILES string of the molecule is COC[C@H]1CNCC[C@H]1c1ccc(Cl)c(Cl)c1. The first-order valence-electron chi connectivity index (χ1n) is 5.87. The van der Waals surface area contributed by atoms with Crippen LogP contribution in [0.4, 0.5) is 0 Å². The Labute approximate surface area is 112 Å². The molecule has 2 nitrogen and oxygen atoms in total. The molecule has 17 heavy (non-hydrogen) atoms. The maximum atomic E-state index is 6.08. The third kappa shape index (κ3) is 3.14. The van der Waals surface area contributed by atoms with E-state index < -0.39 is 0 Å². The average Bonchev–Trinajstić information content (AvgIpc) is 2.34. The molecule has 2 rings (SSSR count). The molecule has 1 saturated heterocycles. The van der Waals surface area contributed by atoms with Crippen molar-refractivity contribution in [2.75, 3.05) is 26.8 Å². The van der Waals surface area contributed by atoms with Gasteiger partial charge in [0.05, 0.1) is 16.7 Å². The van der Waals surface area contributed by atoms with E-state index in [1.807, 2.05) is 12.1 Å². The second-order valence-corrected chi connectivity index (χ2v) is 5.30. The zero-order valence-corrected chi connectivity index (χ0v) is 11.4. The van der Waals surface area contributed by atoms with Crippen molar-refractivity contribution in [1.29, 1.82) is 0 Å². The lowest BCUT2D eigenvalue weighted by atomic mass is 9.81. The van der Waals surface area contributed by atoms with Gasteiger partial charge in [-0.1, -0.05) is 29.3 Å². The number of rotatable bonds is 3. The van der Waals surface area contributed by atoms with Crippen molar-refractivity contribution < 1.29 is 4.74 Å². The highest BCUT2D eigenvalue weighted by atomic mass is 35.5. The van der Waals surface area contributed by atoms with Crippen molar-refractivity contribution in [2.45, 2.75) is 12.3 Å². The largest absolute Gasteiger partial charge is 0.384 e. The van der Waals surface area contributed by atoms with Crippen LogP contribution in [0, 0.1) is 5.92 Å². The first-order chi connectivity index (χ1) is 8.22. The molecule has 1 aromatic rings. The standard InChI is InChI=1S/C13H17Cl2NO/c1-17-8-10-7-16-5-4-11(10)9-2-3-12(14)13(15)6-9/h2-3,6,10-11,16H,4-5,7-8H2,1H3/t10-,11+/m1/s1. The summed E-state index contributed by atoms with van der Waals surface area (Å²) in [4.78, 5) is 0. The number of nitrogens with one attached hydrogen (secondary N) is 1. The predicted octanol–water partition coefficient (Wildman–Crippen LogP) is 3.33. The summed E-state index contributed by atoms with van der Waals surface area (Å²) >= 11 is 12.0. The second-order valence-electron chi connectivity index (χ2n) is 4.49. The second kappa shape index (κ2) is 6.05. The van der Waals surface area contributed by atoms with Gasteiger partial charge in [-0.3, -0.25) is 0 Å². The van der Waals surface area contributed by atoms with Crippen LogP contribution in [0.15, 0.2) is 18.2 Å². The fourth-order valence-electron chi connectivity index (χ4n) is 2.49. The number of hydrogen-bond donors (Lipinski definition) is 1. The third-order valence-corrected chi connectivity index (χ3v) is 4.10. The van der Waals surface area contributed by atoms with E-state index in [1.54, 1.807) is 7.11 Å². The molecule has 1 fully saturated rings. The Hall–Kier alpha value is -0.280. The fourth-order valence-corrected chi connectivity index (χ4v) is 2.80. The molecule has 1 N–H and O–H groups in total. The molecule has 4 heteroatoms. The molecule has 0 saturated carbocycles. The monoisotopic (exact) mass is 273 g/mol. The van der Waals surface area contributed by atoms with E-state index in [0.717, 1.165) is 26.1 Å². The molecule has 0 unspecified atom stereocenters. The van der Waals surface area contributed by atoms with Crippen LogP contribution in [0.5, 0.6) is 0 Å². The van der Waals surface area contributed by atoms with Crippen LogP contribution >= 0.6 is 23.2 Å². The molecule has 1 heterocycles. The number of hydrogen-bond acceptors (Lipinski definition) is 2. The molecule has 0 spiro atoms. The fraction of sp³-hybridized carbons (Fsp3) is 0.538. The van der Waals surface area contributed by atoms with Crippen LogP contribution in [0.3, 0.4) is 0 Å². The molecule has 94 valence electrons. The van der Waals surface area contributed by atoms with Gasteiger partial charge in [-0.2, -0.15) is 0 Å². The molecule has 1 aliphatic rings. The molecule has 0 aromatic heterocycles. The lowest BCUT2D eigenvalue weighted by Crippen LogP contribution is -2.37. The summed E-state index contributed by atoms with van der Waals surface area (Å²) in [6.07, 6.45) is 1.12. The first kappa shape index (κ1) is 13.2. The maximum Gasteiger partial charge on any atom is 0.0595 e. The summed E-state index contributed by atoms with van der Waals surface area (Å²) in [6, 6.07) is 5.94. The topological polar surface area (TPSA) is 21.3 Å². The van der Waals surface area contributed by atoms with Gasteiger partial charge < -0.3 is 10.1 Å². The number of benzene rings is 1. The quantitative estimate of drug-likeness (QED) is 0.912. The predicted molar refractivity (Wildman–Crippen MR) is 72.1 cm³/mol. The Morgan fingerprint density at radius 1 is 1.35 bits per heavy atom. The van der Waals surface area contributed by atoms with E-state index in [-0.39, 0.29) is 0 Å². The Bertz CT molecular complexity index is 382. The summed E-state index contributed by atoms with van der Waals surface area (Å²) in [5.41, 5.74) is 1.27. The molecule has 1 aromatic carbocycles. The highest BCUT2D eigenvalue weighted by molar-refractivity contribution is 6.42. The summed E-state index contributed by atoms with van der Waals surface area (Å²) in [7, 11) is 1.75. The summed E-state index contributed by atoms with van der Waals surface area (Å²) < 4.78 is 5.29. The normalized spacial score (nSPS) is 24.9. The molecule has 1 aliphatic heterocycles. The third-order valence-electron chi connectivity index (χ3n) is 3.36. The Kier molecular flexibility index (Phi) is 4.69. The van der Waals surface area contributed by atoms with E-state index in [4.69, 9.17) is 27.9 Å². The number of halogens is 2. The first-order valence-corrected chi connectivity index (χ1v) is 6.62. The maximum absolute atomic E-state index is 6.08. The van der Waals surface area contributed by atoms with Gasteiger partial charge in [0.25, 0.3) is 0 Å². The molecule has 0 aliphatic carbocycles. The zero-order chi connectivity index (χ0) is 12.3. The van der Waals surface area contributed by atoms with Gasteiger partial charge in [-0.05, 0) is 36.6 Å². The average molecular weight is 274 g/mol. The molecule has 0 bridgehead atoms. The Balaban J connectivity index is 2.20. The van der Waals surface area contributed by atoms with Gasteiger partial charge in [0.15, 0.2) is 0 Å². The van der Waals surface area contributed by atoms with E-state index in [1.165, 1.54) is 5.56 Å². The van der Waals surface area contributed by atoms with Gasteiger partial charge >= 0.3 is 0 Å². The van der Waals surface area contributed by atoms with Gasteiger partial charge in [0.1, 0.15) is 0 Å². The van der Waals surface area contributed by atoms with Crippen molar-refractivity contribution in [3.05, 3.63) is 33.8 Å². The van der Waals surface area contributed by atoms with Gasteiger partial charge in [-0.15, -0.1) is 0 Å². The van der Waals surface area contributed by atoms with Crippen molar-refractivity contribution in [3.8, 4) is 0 Å². The summed E-state index contributed by atoms with van der Waals surface area (Å²) in [6.45, 7) is 2.82. The minimum absolute atomic E-state index is 0.506. The zero-order valence-electron chi connectivity index (χ0n) is 9.88. The highest BCUT2D eigenvalue weighted by Gasteiger charge is 2.26. The van der Waals surface area contributed by atoms with Gasteiger partial charge in [0.2, 0.25) is 0 Å². The molecule has 2 atom stereocenters. The van der Waals surface area contributed by atoms with E-state index >= 15 is 0 Å². The van der Waals surface area contributed by atoms with Crippen molar-refractivity contribution in [3.63, 3.8) is 0 Å². The number of piperidine rings is 1. The van der Waals surface area contributed by atoms with Crippen LogP contribution in [0.1, 0.15) is 17.9 Å². The molecule has 0 amide bonds.